The molecule has 0 spiro atoms. The van der Waals surface area contributed by atoms with Crippen LogP contribution in [-0.2, 0) is 4.74 Å². The Morgan fingerprint density at radius 1 is 1.07 bits per heavy atom. The second kappa shape index (κ2) is 10.4. The minimum Gasteiger partial charge on any atom is -0.462 e. The summed E-state index contributed by atoms with van der Waals surface area (Å²) in [4.78, 5) is 36.7. The van der Waals surface area contributed by atoms with Crippen LogP contribution in [0.4, 0.5) is 15.3 Å². The van der Waals surface area contributed by atoms with Crippen LogP contribution in [0.25, 0.3) is 0 Å². The quantitative estimate of drug-likeness (QED) is 0.565. The number of rotatable bonds is 7. The second-order valence-electron chi connectivity index (χ2n) is 6.27. The van der Waals surface area contributed by atoms with Gasteiger partial charge in [0.2, 0.25) is 0 Å². The van der Waals surface area contributed by atoms with E-state index in [0.29, 0.717) is 30.9 Å². The molecule has 1 fully saturated rings. The lowest BCUT2D eigenvalue weighted by Gasteiger charge is -2.28. The third kappa shape index (κ3) is 5.87. The van der Waals surface area contributed by atoms with Crippen molar-refractivity contribution in [2.45, 2.75) is 39.5 Å². The Kier molecular flexibility index (Phi) is 7.91. The molecule has 1 saturated heterocycles. The lowest BCUT2D eigenvalue weighted by Crippen LogP contribution is -2.50. The van der Waals surface area contributed by atoms with E-state index in [1.807, 2.05) is 0 Å². The van der Waals surface area contributed by atoms with Crippen molar-refractivity contribution < 1.29 is 19.1 Å². The maximum atomic E-state index is 12.6. The molecular formula is C19H28N4O4. The van der Waals surface area contributed by atoms with Crippen LogP contribution in [0.3, 0.4) is 0 Å². The summed E-state index contributed by atoms with van der Waals surface area (Å²) in [7, 11) is 0. The molecule has 8 heteroatoms. The number of anilines is 1. The average Bonchev–Trinajstić information content (AvgIpc) is 3.15. The molecule has 0 radical (unpaired) electrons. The van der Waals surface area contributed by atoms with Crippen molar-refractivity contribution in [2.75, 3.05) is 31.6 Å². The zero-order valence-electron chi connectivity index (χ0n) is 16.0. The Balaban J connectivity index is 1.95. The first-order valence-electron chi connectivity index (χ1n) is 9.47. The summed E-state index contributed by atoms with van der Waals surface area (Å²) in [6, 6.07) is 5.87. The molecule has 1 aliphatic heterocycles. The van der Waals surface area contributed by atoms with E-state index in [-0.39, 0.29) is 12.6 Å². The molecule has 1 aromatic rings. The van der Waals surface area contributed by atoms with E-state index in [2.05, 4.69) is 17.6 Å². The van der Waals surface area contributed by atoms with E-state index in [1.54, 1.807) is 31.2 Å². The van der Waals surface area contributed by atoms with Crippen LogP contribution in [0.1, 0.15) is 49.9 Å². The smallest absolute Gasteiger partial charge is 0.340 e. The van der Waals surface area contributed by atoms with Crippen LogP contribution in [0, 0.1) is 0 Å². The number of unbranched alkanes of at least 4 members (excludes halogenated alkanes) is 2. The standard InChI is InChI=1S/C19H28N4O4/c1-3-5-6-11-20-18(25)22-12-8-13-23(22)19(26)21-16-10-7-9-15(14-16)17(24)27-4-2/h7,9-10,14H,3-6,8,11-13H2,1-2H3,(H,20,25)(H,21,26). The summed E-state index contributed by atoms with van der Waals surface area (Å²) in [6.07, 6.45) is 3.78. The summed E-state index contributed by atoms with van der Waals surface area (Å²) in [5.41, 5.74) is 0.836. The van der Waals surface area contributed by atoms with E-state index in [9.17, 15) is 14.4 Å². The summed E-state index contributed by atoms with van der Waals surface area (Å²) >= 11 is 0. The summed E-state index contributed by atoms with van der Waals surface area (Å²) < 4.78 is 4.97. The number of benzene rings is 1. The molecule has 0 atom stereocenters. The normalized spacial score (nSPS) is 13.4. The van der Waals surface area contributed by atoms with Crippen molar-refractivity contribution in [3.05, 3.63) is 29.8 Å². The number of urea groups is 2. The highest BCUT2D eigenvalue weighted by molar-refractivity contribution is 5.94. The fourth-order valence-corrected chi connectivity index (χ4v) is 2.82. The number of carbonyl (C=O) groups is 3. The third-order valence-corrected chi connectivity index (χ3v) is 4.18. The van der Waals surface area contributed by atoms with E-state index in [4.69, 9.17) is 4.74 Å². The molecule has 0 unspecified atom stereocenters. The van der Waals surface area contributed by atoms with Gasteiger partial charge in [-0.05, 0) is 38.0 Å². The molecule has 0 aromatic heterocycles. The monoisotopic (exact) mass is 376 g/mol. The minimum atomic E-state index is -0.442. The molecule has 2 rings (SSSR count). The molecule has 148 valence electrons. The van der Waals surface area contributed by atoms with Crippen molar-refractivity contribution in [3.63, 3.8) is 0 Å². The van der Waals surface area contributed by atoms with Crippen molar-refractivity contribution in [1.29, 1.82) is 0 Å². The molecule has 0 aliphatic carbocycles. The average molecular weight is 376 g/mol. The van der Waals surface area contributed by atoms with Gasteiger partial charge in [-0.25, -0.2) is 24.4 Å². The third-order valence-electron chi connectivity index (χ3n) is 4.18. The first-order valence-corrected chi connectivity index (χ1v) is 9.47. The fourth-order valence-electron chi connectivity index (χ4n) is 2.82. The number of esters is 1. The van der Waals surface area contributed by atoms with E-state index in [1.165, 1.54) is 10.0 Å². The summed E-state index contributed by atoms with van der Waals surface area (Å²) in [5, 5.41) is 8.41. The first kappa shape index (κ1) is 20.5. The Morgan fingerprint density at radius 3 is 2.52 bits per heavy atom. The highest BCUT2D eigenvalue weighted by atomic mass is 16.5. The molecule has 8 nitrogen and oxygen atoms in total. The molecule has 1 heterocycles. The molecular weight excluding hydrogens is 348 g/mol. The second-order valence-corrected chi connectivity index (χ2v) is 6.27. The van der Waals surface area contributed by atoms with Gasteiger partial charge >= 0.3 is 18.0 Å². The maximum absolute atomic E-state index is 12.6. The SMILES string of the molecule is CCCCCNC(=O)N1CCCN1C(=O)Nc1cccc(C(=O)OCC)c1. The predicted molar refractivity (Wildman–Crippen MR) is 102 cm³/mol. The first-order chi connectivity index (χ1) is 13.1. The van der Waals surface area contributed by atoms with Gasteiger partial charge in [0.15, 0.2) is 0 Å². The van der Waals surface area contributed by atoms with Gasteiger partial charge in [0, 0.05) is 25.3 Å². The summed E-state index contributed by atoms with van der Waals surface area (Å²) in [6.45, 7) is 5.68. The maximum Gasteiger partial charge on any atom is 0.340 e. The number of hydrogen-bond acceptors (Lipinski definition) is 4. The van der Waals surface area contributed by atoms with E-state index >= 15 is 0 Å². The highest BCUT2D eigenvalue weighted by Gasteiger charge is 2.30. The van der Waals surface area contributed by atoms with Gasteiger partial charge in [0.25, 0.3) is 0 Å². The zero-order chi connectivity index (χ0) is 19.6. The fraction of sp³-hybridized carbons (Fsp3) is 0.526. The van der Waals surface area contributed by atoms with Gasteiger partial charge in [-0.1, -0.05) is 25.8 Å². The van der Waals surface area contributed by atoms with Crippen molar-refractivity contribution >= 4 is 23.7 Å². The lowest BCUT2D eigenvalue weighted by molar-refractivity contribution is 0.0526. The van der Waals surface area contributed by atoms with Gasteiger partial charge in [0.05, 0.1) is 12.2 Å². The highest BCUT2D eigenvalue weighted by Crippen LogP contribution is 2.16. The Hall–Kier alpha value is -2.77. The number of hydrogen-bond donors (Lipinski definition) is 2. The molecule has 27 heavy (non-hydrogen) atoms. The molecule has 1 aromatic carbocycles. The van der Waals surface area contributed by atoms with Gasteiger partial charge in [-0.2, -0.15) is 0 Å². The van der Waals surface area contributed by atoms with Crippen LogP contribution in [0.5, 0.6) is 0 Å². The van der Waals surface area contributed by atoms with E-state index < -0.39 is 12.0 Å². The molecule has 4 amide bonds. The number of hydrazine groups is 1. The van der Waals surface area contributed by atoms with Crippen LogP contribution < -0.4 is 10.6 Å². The minimum absolute atomic E-state index is 0.265. The molecule has 0 bridgehead atoms. The number of ether oxygens (including phenoxy) is 1. The number of nitrogens with zero attached hydrogens (tertiary/aromatic N) is 2. The van der Waals surface area contributed by atoms with Crippen LogP contribution in [0.15, 0.2) is 24.3 Å². The van der Waals surface area contributed by atoms with Crippen molar-refractivity contribution in [2.24, 2.45) is 0 Å². The molecule has 1 aliphatic rings. The Morgan fingerprint density at radius 2 is 1.81 bits per heavy atom. The van der Waals surface area contributed by atoms with Crippen LogP contribution in [-0.4, -0.2) is 54.3 Å². The summed E-state index contributed by atoms with van der Waals surface area (Å²) in [5.74, 6) is -0.442. The number of carbonyl (C=O) groups excluding carboxylic acids is 3. The lowest BCUT2D eigenvalue weighted by atomic mass is 10.2. The van der Waals surface area contributed by atoms with Crippen molar-refractivity contribution in [1.82, 2.24) is 15.3 Å². The Labute approximate surface area is 159 Å². The zero-order valence-corrected chi connectivity index (χ0v) is 16.0. The number of nitrogens with one attached hydrogen (secondary N) is 2. The number of amides is 4. The van der Waals surface area contributed by atoms with Crippen LogP contribution in [0.2, 0.25) is 0 Å². The largest absolute Gasteiger partial charge is 0.462 e. The van der Waals surface area contributed by atoms with Gasteiger partial charge in [-0.15, -0.1) is 0 Å². The topological polar surface area (TPSA) is 91.0 Å². The van der Waals surface area contributed by atoms with Gasteiger partial charge in [-0.3, -0.25) is 0 Å². The molecule has 0 saturated carbocycles. The van der Waals surface area contributed by atoms with Crippen LogP contribution >= 0.6 is 0 Å². The van der Waals surface area contributed by atoms with Gasteiger partial charge in [0.1, 0.15) is 0 Å². The van der Waals surface area contributed by atoms with E-state index in [0.717, 1.165) is 25.7 Å². The van der Waals surface area contributed by atoms with Crippen molar-refractivity contribution in [3.8, 4) is 0 Å². The molecule has 2 N–H and O–H groups in total. The Bertz CT molecular complexity index is 665. The predicted octanol–water partition coefficient (Wildman–Crippen LogP) is 3.22. The van der Waals surface area contributed by atoms with Gasteiger partial charge < -0.3 is 15.4 Å².